The molecule has 5 nitrogen and oxygen atoms in total. The Hall–Kier alpha value is -2.56. The average Bonchev–Trinajstić information content (AvgIpc) is 3.39. The van der Waals surface area contributed by atoms with Gasteiger partial charge in [0.25, 0.3) is 0 Å². The van der Waals surface area contributed by atoms with Crippen molar-refractivity contribution in [1.29, 1.82) is 0 Å². The Morgan fingerprint density at radius 3 is 2.68 bits per heavy atom. The summed E-state index contributed by atoms with van der Waals surface area (Å²) in [7, 11) is 1.65. The summed E-state index contributed by atoms with van der Waals surface area (Å²) in [4.78, 5) is 18.4. The third-order valence-electron chi connectivity index (χ3n) is 3.67. The van der Waals surface area contributed by atoms with Crippen molar-refractivity contribution in [3.63, 3.8) is 0 Å². The van der Waals surface area contributed by atoms with Gasteiger partial charge in [0.05, 0.1) is 19.0 Å². The number of amides is 2. The molecule has 0 bridgehead atoms. The average molecular weight is 297 g/mol. The van der Waals surface area contributed by atoms with E-state index in [1.54, 1.807) is 25.6 Å². The first-order chi connectivity index (χ1) is 10.8. The molecule has 1 aliphatic rings. The first-order valence-electron chi connectivity index (χ1n) is 7.37. The molecular weight excluding hydrogens is 278 g/mol. The van der Waals surface area contributed by atoms with E-state index in [4.69, 9.17) is 4.74 Å². The number of benzene rings is 1. The van der Waals surface area contributed by atoms with Crippen LogP contribution in [0.25, 0.3) is 0 Å². The zero-order chi connectivity index (χ0) is 15.4. The zero-order valence-electron chi connectivity index (χ0n) is 12.5. The monoisotopic (exact) mass is 297 g/mol. The molecule has 1 aromatic heterocycles. The minimum Gasteiger partial charge on any atom is -0.497 e. The molecule has 1 saturated carbocycles. The third kappa shape index (κ3) is 3.55. The van der Waals surface area contributed by atoms with Gasteiger partial charge in [-0.2, -0.15) is 0 Å². The highest BCUT2D eigenvalue weighted by molar-refractivity contribution is 5.89. The lowest BCUT2D eigenvalue weighted by Gasteiger charge is -2.23. The molecule has 3 rings (SSSR count). The van der Waals surface area contributed by atoms with E-state index in [0.29, 0.717) is 18.3 Å². The molecule has 1 N–H and O–H groups in total. The summed E-state index contributed by atoms with van der Waals surface area (Å²) < 4.78 is 5.16. The van der Waals surface area contributed by atoms with Gasteiger partial charge in [-0.25, -0.2) is 4.79 Å². The number of ether oxygens (including phenoxy) is 1. The summed E-state index contributed by atoms with van der Waals surface area (Å²) in [5, 5.41) is 2.91. The second-order valence-corrected chi connectivity index (χ2v) is 5.38. The lowest BCUT2D eigenvalue weighted by Crippen LogP contribution is -2.36. The molecule has 0 unspecified atom stereocenters. The first-order valence-corrected chi connectivity index (χ1v) is 7.37. The SMILES string of the molecule is COc1ccc(CN(C(=O)Nc2cccnc2)C2CC2)cc1. The van der Waals surface area contributed by atoms with E-state index in [1.165, 1.54) is 0 Å². The quantitative estimate of drug-likeness (QED) is 0.921. The number of nitrogens with one attached hydrogen (secondary N) is 1. The summed E-state index contributed by atoms with van der Waals surface area (Å²) in [6.07, 6.45) is 5.47. The van der Waals surface area contributed by atoms with E-state index in [9.17, 15) is 4.79 Å². The van der Waals surface area contributed by atoms with E-state index in [0.717, 1.165) is 24.2 Å². The van der Waals surface area contributed by atoms with Crippen LogP contribution in [0.3, 0.4) is 0 Å². The van der Waals surface area contributed by atoms with E-state index >= 15 is 0 Å². The number of hydrogen-bond donors (Lipinski definition) is 1. The smallest absolute Gasteiger partial charge is 0.322 e. The van der Waals surface area contributed by atoms with E-state index in [-0.39, 0.29) is 6.03 Å². The van der Waals surface area contributed by atoms with Crippen LogP contribution >= 0.6 is 0 Å². The van der Waals surface area contributed by atoms with Crippen molar-refractivity contribution in [2.75, 3.05) is 12.4 Å². The predicted octanol–water partition coefficient (Wildman–Crippen LogP) is 3.29. The van der Waals surface area contributed by atoms with Crippen LogP contribution in [0.1, 0.15) is 18.4 Å². The summed E-state index contributed by atoms with van der Waals surface area (Å²) in [6, 6.07) is 11.7. The molecule has 0 atom stereocenters. The van der Waals surface area contributed by atoms with Crippen molar-refractivity contribution in [2.45, 2.75) is 25.4 Å². The van der Waals surface area contributed by atoms with Gasteiger partial charge in [0.15, 0.2) is 0 Å². The normalized spacial score (nSPS) is 13.5. The van der Waals surface area contributed by atoms with Crippen LogP contribution in [0.5, 0.6) is 5.75 Å². The minimum absolute atomic E-state index is 0.0775. The third-order valence-corrected chi connectivity index (χ3v) is 3.67. The molecular formula is C17H19N3O2. The topological polar surface area (TPSA) is 54.5 Å². The maximum absolute atomic E-state index is 12.5. The summed E-state index contributed by atoms with van der Waals surface area (Å²) in [5.41, 5.74) is 1.81. The standard InChI is InChI=1S/C17H19N3O2/c1-22-16-8-4-13(5-9-16)12-20(15-6-7-15)17(21)19-14-3-2-10-18-11-14/h2-5,8-11,15H,6-7,12H2,1H3,(H,19,21). The van der Waals surface area contributed by atoms with Crippen molar-refractivity contribution in [2.24, 2.45) is 0 Å². The number of pyridine rings is 1. The first kappa shape index (κ1) is 14.4. The Morgan fingerprint density at radius 2 is 2.09 bits per heavy atom. The van der Waals surface area contributed by atoms with Gasteiger partial charge in [-0.1, -0.05) is 12.1 Å². The molecule has 2 aromatic rings. The van der Waals surface area contributed by atoms with Gasteiger partial charge in [0, 0.05) is 18.8 Å². The highest BCUT2D eigenvalue weighted by Crippen LogP contribution is 2.29. The van der Waals surface area contributed by atoms with Crippen LogP contribution < -0.4 is 10.1 Å². The van der Waals surface area contributed by atoms with Crippen LogP contribution in [0, 0.1) is 0 Å². The predicted molar refractivity (Wildman–Crippen MR) is 84.8 cm³/mol. The molecule has 1 aliphatic carbocycles. The summed E-state index contributed by atoms with van der Waals surface area (Å²) in [6.45, 7) is 0.598. The van der Waals surface area contributed by atoms with E-state index in [1.807, 2.05) is 35.2 Å². The number of urea groups is 1. The minimum atomic E-state index is -0.0775. The van der Waals surface area contributed by atoms with Crippen LogP contribution in [0.15, 0.2) is 48.8 Å². The Labute approximate surface area is 129 Å². The Morgan fingerprint density at radius 1 is 1.32 bits per heavy atom. The van der Waals surface area contributed by atoms with Crippen molar-refractivity contribution < 1.29 is 9.53 Å². The number of nitrogens with zero attached hydrogens (tertiary/aromatic N) is 2. The number of methoxy groups -OCH3 is 1. The lowest BCUT2D eigenvalue weighted by atomic mass is 10.2. The highest BCUT2D eigenvalue weighted by atomic mass is 16.5. The fraction of sp³-hybridized carbons (Fsp3) is 0.294. The Bertz CT molecular complexity index is 624. The number of anilines is 1. The molecule has 0 spiro atoms. The molecule has 1 aromatic carbocycles. The molecule has 1 heterocycles. The molecule has 114 valence electrons. The zero-order valence-corrected chi connectivity index (χ0v) is 12.5. The van der Waals surface area contributed by atoms with Crippen LogP contribution in [-0.4, -0.2) is 29.1 Å². The second-order valence-electron chi connectivity index (χ2n) is 5.38. The molecule has 2 amide bonds. The van der Waals surface area contributed by atoms with Crippen molar-refractivity contribution in [3.8, 4) is 5.75 Å². The van der Waals surface area contributed by atoms with Crippen molar-refractivity contribution in [1.82, 2.24) is 9.88 Å². The molecule has 5 heteroatoms. The van der Waals surface area contributed by atoms with Crippen molar-refractivity contribution >= 4 is 11.7 Å². The van der Waals surface area contributed by atoms with Gasteiger partial charge in [0.1, 0.15) is 5.75 Å². The Kier molecular flexibility index (Phi) is 4.23. The molecule has 0 radical (unpaired) electrons. The fourth-order valence-corrected chi connectivity index (χ4v) is 2.31. The number of rotatable bonds is 5. The summed E-state index contributed by atoms with van der Waals surface area (Å²) in [5.74, 6) is 0.821. The molecule has 1 fully saturated rings. The molecule has 0 aliphatic heterocycles. The number of hydrogen-bond acceptors (Lipinski definition) is 3. The van der Waals surface area contributed by atoms with Crippen LogP contribution in [0.4, 0.5) is 10.5 Å². The fourth-order valence-electron chi connectivity index (χ4n) is 2.31. The summed E-state index contributed by atoms with van der Waals surface area (Å²) >= 11 is 0. The van der Waals surface area contributed by atoms with Gasteiger partial charge in [0.2, 0.25) is 0 Å². The number of carbonyl (C=O) groups is 1. The highest BCUT2D eigenvalue weighted by Gasteiger charge is 2.32. The largest absolute Gasteiger partial charge is 0.497 e. The number of carbonyl (C=O) groups excluding carboxylic acids is 1. The maximum atomic E-state index is 12.5. The van der Waals surface area contributed by atoms with Crippen LogP contribution in [0.2, 0.25) is 0 Å². The van der Waals surface area contributed by atoms with Crippen molar-refractivity contribution in [3.05, 3.63) is 54.4 Å². The maximum Gasteiger partial charge on any atom is 0.322 e. The molecule has 22 heavy (non-hydrogen) atoms. The second kappa shape index (κ2) is 6.47. The van der Waals surface area contributed by atoms with E-state index < -0.39 is 0 Å². The Balaban J connectivity index is 1.68. The van der Waals surface area contributed by atoms with Gasteiger partial charge >= 0.3 is 6.03 Å². The van der Waals surface area contributed by atoms with Gasteiger partial charge in [-0.15, -0.1) is 0 Å². The van der Waals surface area contributed by atoms with Gasteiger partial charge < -0.3 is 15.0 Å². The van der Waals surface area contributed by atoms with E-state index in [2.05, 4.69) is 10.3 Å². The van der Waals surface area contributed by atoms with Gasteiger partial charge in [-0.3, -0.25) is 4.98 Å². The number of aromatic nitrogens is 1. The molecule has 0 saturated heterocycles. The van der Waals surface area contributed by atoms with Gasteiger partial charge in [-0.05, 0) is 42.7 Å². The van der Waals surface area contributed by atoms with Crippen LogP contribution in [-0.2, 0) is 6.54 Å². The lowest BCUT2D eigenvalue weighted by molar-refractivity contribution is 0.206.